The Bertz CT molecular complexity index is 451. The minimum Gasteiger partial charge on any atom is -0.192 e. The van der Waals surface area contributed by atoms with Gasteiger partial charge in [-0.2, -0.15) is 5.26 Å². The van der Waals surface area contributed by atoms with Gasteiger partial charge in [-0.05, 0) is 29.7 Å². The van der Waals surface area contributed by atoms with Crippen LogP contribution in [0, 0.1) is 18.3 Å². The fourth-order valence-corrected chi connectivity index (χ4v) is 1.55. The van der Waals surface area contributed by atoms with Gasteiger partial charge in [0.2, 0.25) is 0 Å². The molecule has 0 saturated carbocycles. The molecule has 0 bridgehead atoms. The van der Waals surface area contributed by atoms with Gasteiger partial charge < -0.3 is 0 Å². The summed E-state index contributed by atoms with van der Waals surface area (Å²) in [6, 6.07) is 14.0. The van der Waals surface area contributed by atoms with Gasteiger partial charge in [0.25, 0.3) is 0 Å². The number of nitriles is 1. The Morgan fingerprint density at radius 3 is 2.54 bits per heavy atom. The zero-order valence-corrected chi connectivity index (χ0v) is 7.41. The van der Waals surface area contributed by atoms with Crippen molar-refractivity contribution in [3.8, 4) is 17.2 Å². The Hall–Kier alpha value is -1.81. The summed E-state index contributed by atoms with van der Waals surface area (Å²) in [5.41, 5.74) is 4.18. The molecule has 0 fully saturated rings. The second kappa shape index (κ2) is 2.91. The van der Waals surface area contributed by atoms with Crippen LogP contribution < -0.4 is 0 Å². The van der Waals surface area contributed by atoms with Crippen molar-refractivity contribution in [1.29, 1.82) is 5.26 Å². The van der Waals surface area contributed by atoms with Gasteiger partial charge in [-0.25, -0.2) is 0 Å². The van der Waals surface area contributed by atoms with Gasteiger partial charge in [-0.1, -0.05) is 30.3 Å². The lowest BCUT2D eigenvalue weighted by Gasteiger charge is -1.95. The van der Waals surface area contributed by atoms with Crippen LogP contribution in [0.25, 0.3) is 11.1 Å². The van der Waals surface area contributed by atoms with Crippen LogP contribution in [0.15, 0.2) is 36.4 Å². The Kier molecular flexibility index (Phi) is 1.75. The summed E-state index contributed by atoms with van der Waals surface area (Å²) in [4.78, 5) is 0. The molecular weight excluding hydrogens is 158 g/mol. The molecule has 0 N–H and O–H groups in total. The van der Waals surface area contributed by atoms with E-state index in [1.165, 1.54) is 11.1 Å². The lowest BCUT2D eigenvalue weighted by Crippen LogP contribution is -1.75. The molecule has 2 aliphatic rings. The van der Waals surface area contributed by atoms with Crippen molar-refractivity contribution in [3.63, 3.8) is 0 Å². The lowest BCUT2D eigenvalue weighted by atomic mass is 10.1. The summed E-state index contributed by atoms with van der Waals surface area (Å²) in [5, 5.41) is 8.91. The number of rotatable bonds is 0. The van der Waals surface area contributed by atoms with Gasteiger partial charge in [0.15, 0.2) is 0 Å². The molecule has 0 unspecified atom stereocenters. The van der Waals surface area contributed by atoms with E-state index in [0.29, 0.717) is 0 Å². The van der Waals surface area contributed by atoms with Crippen LogP contribution in [-0.2, 0) is 0 Å². The first-order valence-electron chi connectivity index (χ1n) is 4.21. The lowest BCUT2D eigenvalue weighted by molar-refractivity contribution is 1.49. The van der Waals surface area contributed by atoms with Gasteiger partial charge in [-0.15, -0.1) is 0 Å². The van der Waals surface area contributed by atoms with Crippen molar-refractivity contribution < 1.29 is 0 Å². The molecule has 0 aromatic carbocycles. The second-order valence-corrected chi connectivity index (χ2v) is 3.09. The summed E-state index contributed by atoms with van der Waals surface area (Å²) in [6.45, 7) is 2.06. The largest absolute Gasteiger partial charge is 0.192 e. The summed E-state index contributed by atoms with van der Waals surface area (Å²) < 4.78 is 0. The SMILES string of the molecule is Cc1ccc2c(C#N)ccccc1-2. The zero-order chi connectivity index (χ0) is 9.26. The highest BCUT2D eigenvalue weighted by molar-refractivity contribution is 5.75. The first kappa shape index (κ1) is 7.82. The highest BCUT2D eigenvalue weighted by Crippen LogP contribution is 2.28. The number of aryl methyl sites for hydroxylation is 1. The first-order chi connectivity index (χ1) is 6.33. The first-order valence-corrected chi connectivity index (χ1v) is 4.21. The van der Waals surface area contributed by atoms with Gasteiger partial charge >= 0.3 is 0 Å². The van der Waals surface area contributed by atoms with E-state index in [2.05, 4.69) is 13.0 Å². The molecule has 1 nitrogen and oxygen atoms in total. The van der Waals surface area contributed by atoms with Crippen LogP contribution in [0.2, 0.25) is 0 Å². The second-order valence-electron chi connectivity index (χ2n) is 3.09. The molecule has 1 heteroatoms. The van der Waals surface area contributed by atoms with E-state index in [-0.39, 0.29) is 0 Å². The molecule has 13 heavy (non-hydrogen) atoms. The molecule has 0 aromatic heterocycles. The van der Waals surface area contributed by atoms with Gasteiger partial charge in [0.05, 0.1) is 11.6 Å². The Morgan fingerprint density at radius 2 is 1.77 bits per heavy atom. The zero-order valence-electron chi connectivity index (χ0n) is 7.41. The van der Waals surface area contributed by atoms with Crippen molar-refractivity contribution in [1.82, 2.24) is 0 Å². The molecule has 0 saturated heterocycles. The third-order valence-corrected chi connectivity index (χ3v) is 2.26. The molecule has 0 amide bonds. The molecule has 0 heterocycles. The van der Waals surface area contributed by atoms with Crippen LogP contribution >= 0.6 is 0 Å². The monoisotopic (exact) mass is 167 g/mol. The van der Waals surface area contributed by atoms with E-state index >= 15 is 0 Å². The van der Waals surface area contributed by atoms with E-state index < -0.39 is 0 Å². The van der Waals surface area contributed by atoms with Crippen LogP contribution in [0.4, 0.5) is 0 Å². The average molecular weight is 167 g/mol. The van der Waals surface area contributed by atoms with Crippen LogP contribution in [0.1, 0.15) is 11.1 Å². The number of hydrogen-bond acceptors (Lipinski definition) is 1. The van der Waals surface area contributed by atoms with Crippen molar-refractivity contribution in [2.24, 2.45) is 0 Å². The fraction of sp³-hybridized carbons (Fsp3) is 0.0833. The topological polar surface area (TPSA) is 23.8 Å². The van der Waals surface area contributed by atoms with E-state index in [0.717, 1.165) is 11.1 Å². The number of hydrogen-bond donors (Lipinski definition) is 0. The Labute approximate surface area is 77.6 Å². The highest BCUT2D eigenvalue weighted by Gasteiger charge is 2.07. The van der Waals surface area contributed by atoms with Crippen molar-refractivity contribution >= 4 is 0 Å². The van der Waals surface area contributed by atoms with E-state index in [4.69, 9.17) is 5.26 Å². The standard InChI is InChI=1S/C12H9N/c1-9-6-7-12-10(8-13)4-2-3-5-11(9)12/h2-7H,1H3. The van der Waals surface area contributed by atoms with Crippen LogP contribution in [-0.4, -0.2) is 0 Å². The quantitative estimate of drug-likeness (QED) is 0.591. The van der Waals surface area contributed by atoms with E-state index in [9.17, 15) is 0 Å². The van der Waals surface area contributed by atoms with Crippen LogP contribution in [0.3, 0.4) is 0 Å². The molecule has 0 aliphatic heterocycles. The molecule has 0 aromatic rings. The molecule has 2 aliphatic carbocycles. The minimum atomic E-state index is 0.744. The van der Waals surface area contributed by atoms with Gasteiger partial charge in [0, 0.05) is 0 Å². The van der Waals surface area contributed by atoms with Gasteiger partial charge in [-0.3, -0.25) is 0 Å². The number of fused-ring (bicyclic) bond motifs is 1. The summed E-state index contributed by atoms with van der Waals surface area (Å²) in [5.74, 6) is 0. The summed E-state index contributed by atoms with van der Waals surface area (Å²) >= 11 is 0. The Morgan fingerprint density at radius 1 is 1.00 bits per heavy atom. The molecule has 0 atom stereocenters. The van der Waals surface area contributed by atoms with Crippen molar-refractivity contribution in [2.45, 2.75) is 6.92 Å². The maximum Gasteiger partial charge on any atom is 0.0998 e. The average Bonchev–Trinajstić information content (AvgIpc) is 2.39. The molecule has 0 spiro atoms. The highest BCUT2D eigenvalue weighted by atomic mass is 14.2. The third kappa shape index (κ3) is 1.17. The predicted octanol–water partition coefficient (Wildman–Crippen LogP) is 2.97. The summed E-state index contributed by atoms with van der Waals surface area (Å²) in [7, 11) is 0. The predicted molar refractivity (Wildman–Crippen MR) is 52.5 cm³/mol. The molecular formula is C12H9N. The fourth-order valence-electron chi connectivity index (χ4n) is 1.55. The summed E-state index contributed by atoms with van der Waals surface area (Å²) in [6.07, 6.45) is 0. The van der Waals surface area contributed by atoms with Crippen LogP contribution in [0.5, 0.6) is 0 Å². The van der Waals surface area contributed by atoms with Gasteiger partial charge in [0.1, 0.15) is 0 Å². The smallest absolute Gasteiger partial charge is 0.0998 e. The number of nitrogens with zero attached hydrogens (tertiary/aromatic N) is 1. The molecule has 0 radical (unpaired) electrons. The van der Waals surface area contributed by atoms with E-state index in [1.54, 1.807) is 0 Å². The van der Waals surface area contributed by atoms with Crippen molar-refractivity contribution in [2.75, 3.05) is 0 Å². The van der Waals surface area contributed by atoms with E-state index in [1.807, 2.05) is 36.4 Å². The minimum absolute atomic E-state index is 0.744. The maximum atomic E-state index is 8.91. The third-order valence-electron chi connectivity index (χ3n) is 2.26. The normalized spacial score (nSPS) is 9.85. The van der Waals surface area contributed by atoms with Crippen molar-refractivity contribution in [3.05, 3.63) is 47.5 Å². The molecule has 2 rings (SSSR count). The maximum absolute atomic E-state index is 8.91. The molecule has 62 valence electrons. The Balaban J connectivity index is 2.81.